The van der Waals surface area contributed by atoms with Crippen molar-refractivity contribution >= 4 is 23.9 Å². The van der Waals surface area contributed by atoms with Crippen LogP contribution < -0.4 is 10.6 Å². The van der Waals surface area contributed by atoms with Crippen LogP contribution in [0.2, 0.25) is 0 Å². The van der Waals surface area contributed by atoms with Crippen LogP contribution in [-0.2, 0) is 36.7 Å². The summed E-state index contributed by atoms with van der Waals surface area (Å²) in [5.74, 6) is -1.70. The standard InChI is InChI=1S/C38H49N3O7/c1-24-14-13-17-29(25(24)2)32(33(43)39-31(35(45)47-37(3,4)5)23-26-15-11-10-12-16-26)41(9)34(44)30(40-36(46)48-38(6,7)8)22-27-18-20-28(42)21-19-27/h10-21,30-32,42H,22-23H2,1-9H3,(H,39,43)(H,40,46). The van der Waals surface area contributed by atoms with E-state index in [0.717, 1.165) is 16.7 Å². The van der Waals surface area contributed by atoms with Crippen LogP contribution in [0.1, 0.15) is 75.4 Å². The van der Waals surface area contributed by atoms with Gasteiger partial charge < -0.3 is 30.1 Å². The van der Waals surface area contributed by atoms with Crippen molar-refractivity contribution in [1.29, 1.82) is 0 Å². The number of benzene rings is 3. The second-order valence-electron chi connectivity index (χ2n) is 14.0. The van der Waals surface area contributed by atoms with Crippen molar-refractivity contribution in [2.75, 3.05) is 7.05 Å². The third-order valence-electron chi connectivity index (χ3n) is 7.58. The third-order valence-corrected chi connectivity index (χ3v) is 7.58. The van der Waals surface area contributed by atoms with Crippen LogP contribution in [0.15, 0.2) is 72.8 Å². The summed E-state index contributed by atoms with van der Waals surface area (Å²) >= 11 is 0. The van der Waals surface area contributed by atoms with Gasteiger partial charge in [0.1, 0.15) is 35.1 Å². The lowest BCUT2D eigenvalue weighted by atomic mass is 9.94. The van der Waals surface area contributed by atoms with Crippen LogP contribution >= 0.6 is 0 Å². The van der Waals surface area contributed by atoms with Crippen LogP contribution in [0.25, 0.3) is 0 Å². The summed E-state index contributed by atoms with van der Waals surface area (Å²) in [5.41, 5.74) is 2.12. The number of alkyl carbamates (subject to hydrolysis) is 1. The van der Waals surface area contributed by atoms with Crippen molar-refractivity contribution in [3.8, 4) is 5.75 Å². The average molecular weight is 660 g/mol. The summed E-state index contributed by atoms with van der Waals surface area (Å²) in [6.45, 7) is 14.2. The molecular weight excluding hydrogens is 610 g/mol. The molecule has 0 heterocycles. The number of esters is 1. The molecule has 0 bridgehead atoms. The molecule has 3 amide bonds. The van der Waals surface area contributed by atoms with E-state index in [2.05, 4.69) is 10.6 Å². The number of amides is 3. The highest BCUT2D eigenvalue weighted by atomic mass is 16.6. The predicted octanol–water partition coefficient (Wildman–Crippen LogP) is 5.71. The summed E-state index contributed by atoms with van der Waals surface area (Å²) in [6.07, 6.45) is -0.575. The number of likely N-dealkylation sites (N-methyl/N-ethyl adjacent to an activating group) is 1. The number of rotatable bonds is 11. The Bertz CT molecular complexity index is 1570. The molecule has 258 valence electrons. The average Bonchev–Trinajstić information content (AvgIpc) is 2.98. The Labute approximate surface area is 283 Å². The first kappa shape index (κ1) is 37.6. The van der Waals surface area contributed by atoms with Gasteiger partial charge in [-0.05, 0) is 95.3 Å². The van der Waals surface area contributed by atoms with Crippen LogP contribution in [0.3, 0.4) is 0 Å². The van der Waals surface area contributed by atoms with Crippen molar-refractivity contribution < 1.29 is 33.8 Å². The number of carbonyl (C=O) groups is 4. The van der Waals surface area contributed by atoms with E-state index in [4.69, 9.17) is 9.47 Å². The topological polar surface area (TPSA) is 134 Å². The number of nitrogens with zero attached hydrogens (tertiary/aromatic N) is 1. The van der Waals surface area contributed by atoms with Crippen LogP contribution in [0, 0.1) is 13.8 Å². The van der Waals surface area contributed by atoms with E-state index in [-0.39, 0.29) is 18.6 Å². The van der Waals surface area contributed by atoms with Gasteiger partial charge in [-0.2, -0.15) is 0 Å². The van der Waals surface area contributed by atoms with Gasteiger partial charge >= 0.3 is 12.1 Å². The number of phenols is 1. The quantitative estimate of drug-likeness (QED) is 0.225. The number of hydrogen-bond acceptors (Lipinski definition) is 7. The van der Waals surface area contributed by atoms with E-state index in [1.54, 1.807) is 65.8 Å². The first-order valence-corrected chi connectivity index (χ1v) is 16.0. The Kier molecular flexibility index (Phi) is 12.4. The van der Waals surface area contributed by atoms with Gasteiger partial charge in [0.15, 0.2) is 0 Å². The molecule has 0 aliphatic heterocycles. The lowest BCUT2D eigenvalue weighted by Crippen LogP contribution is -2.54. The lowest BCUT2D eigenvalue weighted by Gasteiger charge is -2.33. The van der Waals surface area contributed by atoms with Gasteiger partial charge in [-0.1, -0.05) is 60.7 Å². The highest BCUT2D eigenvalue weighted by molar-refractivity contribution is 5.94. The molecular formula is C38H49N3O7. The Balaban J connectivity index is 2.04. The molecule has 0 radical (unpaired) electrons. The molecule has 0 saturated heterocycles. The van der Waals surface area contributed by atoms with E-state index in [1.165, 1.54) is 24.1 Å². The minimum Gasteiger partial charge on any atom is -0.508 e. The van der Waals surface area contributed by atoms with Crippen molar-refractivity contribution in [2.45, 2.75) is 97.6 Å². The van der Waals surface area contributed by atoms with E-state index in [0.29, 0.717) is 11.1 Å². The number of carbonyl (C=O) groups excluding carboxylic acids is 4. The fourth-order valence-corrected chi connectivity index (χ4v) is 5.15. The van der Waals surface area contributed by atoms with Crippen molar-refractivity contribution in [3.63, 3.8) is 0 Å². The fourth-order valence-electron chi connectivity index (χ4n) is 5.15. The van der Waals surface area contributed by atoms with E-state index in [1.807, 2.05) is 50.2 Å². The largest absolute Gasteiger partial charge is 0.508 e. The monoisotopic (exact) mass is 659 g/mol. The van der Waals surface area contributed by atoms with Gasteiger partial charge in [0.05, 0.1) is 0 Å². The van der Waals surface area contributed by atoms with E-state index in [9.17, 15) is 24.3 Å². The normalized spacial score (nSPS) is 13.4. The molecule has 10 nitrogen and oxygen atoms in total. The first-order valence-electron chi connectivity index (χ1n) is 16.0. The highest BCUT2D eigenvalue weighted by Gasteiger charge is 2.37. The van der Waals surface area contributed by atoms with E-state index < -0.39 is 53.2 Å². The Morgan fingerprint density at radius 3 is 1.88 bits per heavy atom. The van der Waals surface area contributed by atoms with Gasteiger partial charge in [0.2, 0.25) is 11.8 Å². The lowest BCUT2D eigenvalue weighted by molar-refractivity contribution is -0.159. The van der Waals surface area contributed by atoms with E-state index >= 15 is 0 Å². The summed E-state index contributed by atoms with van der Waals surface area (Å²) in [6, 6.07) is 17.7. The molecule has 3 unspecified atom stereocenters. The highest BCUT2D eigenvalue weighted by Crippen LogP contribution is 2.27. The zero-order valence-corrected chi connectivity index (χ0v) is 29.4. The second kappa shape index (κ2) is 15.8. The third kappa shape index (κ3) is 11.1. The maximum Gasteiger partial charge on any atom is 0.408 e. The zero-order chi connectivity index (χ0) is 35.8. The number of aromatic hydroxyl groups is 1. The molecule has 0 aliphatic carbocycles. The predicted molar refractivity (Wildman–Crippen MR) is 184 cm³/mol. The summed E-state index contributed by atoms with van der Waals surface area (Å²) < 4.78 is 11.2. The molecule has 3 N–H and O–H groups in total. The number of phenolic OH excluding ortho intramolecular Hbond substituents is 1. The molecule has 3 aromatic carbocycles. The second-order valence-corrected chi connectivity index (χ2v) is 14.0. The minimum atomic E-state index is -1.18. The van der Waals surface area contributed by atoms with Crippen molar-refractivity contribution in [3.05, 3.63) is 101 Å². The minimum absolute atomic E-state index is 0.0539. The summed E-state index contributed by atoms with van der Waals surface area (Å²) in [5, 5.41) is 15.4. The zero-order valence-electron chi connectivity index (χ0n) is 29.4. The molecule has 0 fully saturated rings. The van der Waals surface area contributed by atoms with Crippen molar-refractivity contribution in [1.82, 2.24) is 15.5 Å². The Morgan fingerprint density at radius 2 is 1.29 bits per heavy atom. The molecule has 48 heavy (non-hydrogen) atoms. The Morgan fingerprint density at radius 1 is 0.729 bits per heavy atom. The molecule has 10 heteroatoms. The van der Waals surface area contributed by atoms with Gasteiger partial charge in [-0.3, -0.25) is 9.59 Å². The molecule has 0 aliphatic rings. The van der Waals surface area contributed by atoms with Gasteiger partial charge in [0.25, 0.3) is 0 Å². The number of nitrogens with one attached hydrogen (secondary N) is 2. The van der Waals surface area contributed by atoms with Crippen LogP contribution in [0.5, 0.6) is 5.75 Å². The number of hydrogen-bond donors (Lipinski definition) is 3. The molecule has 0 aromatic heterocycles. The van der Waals surface area contributed by atoms with Gasteiger partial charge in [0, 0.05) is 19.9 Å². The molecule has 0 spiro atoms. The fraction of sp³-hybridized carbons (Fsp3) is 0.421. The first-order chi connectivity index (χ1) is 22.3. The van der Waals surface area contributed by atoms with Gasteiger partial charge in [-0.25, -0.2) is 9.59 Å². The van der Waals surface area contributed by atoms with Crippen LogP contribution in [0.4, 0.5) is 4.79 Å². The summed E-state index contributed by atoms with van der Waals surface area (Å²) in [4.78, 5) is 56.5. The molecule has 3 rings (SSSR count). The Hall–Kier alpha value is -4.86. The number of aryl methyl sites for hydroxylation is 1. The van der Waals surface area contributed by atoms with Crippen LogP contribution in [-0.4, -0.2) is 64.2 Å². The molecule has 0 saturated carbocycles. The SMILES string of the molecule is Cc1cccc(C(C(=O)NC(Cc2ccccc2)C(=O)OC(C)(C)C)N(C)C(=O)C(Cc2ccc(O)cc2)NC(=O)OC(C)(C)C)c1C. The van der Waals surface area contributed by atoms with Gasteiger partial charge in [-0.15, -0.1) is 0 Å². The maximum atomic E-state index is 14.4. The maximum absolute atomic E-state index is 14.4. The smallest absolute Gasteiger partial charge is 0.408 e. The summed E-state index contributed by atoms with van der Waals surface area (Å²) in [7, 11) is 1.49. The molecule has 3 atom stereocenters. The molecule has 3 aromatic rings. The number of ether oxygens (including phenoxy) is 2. The van der Waals surface area contributed by atoms with Crippen molar-refractivity contribution in [2.24, 2.45) is 0 Å².